The monoisotopic (exact) mass is 369 g/mol. The zero-order valence-corrected chi connectivity index (χ0v) is 16.7. The average Bonchev–Trinajstić information content (AvgIpc) is 3.47. The third-order valence-corrected chi connectivity index (χ3v) is 6.29. The molecular weight excluding hydrogens is 338 g/mol. The third kappa shape index (κ3) is 3.86. The molecule has 1 heterocycles. The molecule has 1 aromatic rings. The number of ether oxygens (including phenoxy) is 2. The Morgan fingerprint density at radius 3 is 2.67 bits per heavy atom. The molecule has 1 aromatic carbocycles. The quantitative estimate of drug-likeness (QED) is 0.784. The minimum Gasteiger partial charge on any atom is -0.504 e. The Hall–Kier alpha value is -1.94. The molecule has 4 rings (SSSR count). The van der Waals surface area contributed by atoms with Gasteiger partial charge < -0.3 is 14.6 Å². The van der Waals surface area contributed by atoms with Crippen LogP contribution in [0.4, 0.5) is 0 Å². The van der Waals surface area contributed by atoms with E-state index in [1.165, 1.54) is 36.1 Å². The van der Waals surface area contributed by atoms with Crippen molar-refractivity contribution in [3.8, 4) is 5.75 Å². The Bertz CT molecular complexity index is 763. The van der Waals surface area contributed by atoms with Crippen LogP contribution in [0.25, 0.3) is 0 Å². The average molecular weight is 370 g/mol. The van der Waals surface area contributed by atoms with Crippen LogP contribution in [-0.4, -0.2) is 37.3 Å². The van der Waals surface area contributed by atoms with E-state index >= 15 is 0 Å². The normalized spacial score (nSPS) is 25.8. The highest BCUT2D eigenvalue weighted by Gasteiger charge is 2.34. The van der Waals surface area contributed by atoms with Gasteiger partial charge in [0, 0.05) is 25.0 Å². The molecule has 0 spiro atoms. The summed E-state index contributed by atoms with van der Waals surface area (Å²) < 4.78 is 10.8. The maximum Gasteiger partial charge on any atom is 0.153 e. The summed E-state index contributed by atoms with van der Waals surface area (Å²) in [6, 6.07) is 6.93. The number of allylic oxidation sites excluding steroid dienone is 2. The molecule has 1 fully saturated rings. The van der Waals surface area contributed by atoms with Crippen LogP contribution < -0.4 is 4.74 Å². The minimum atomic E-state index is 0.228. The molecule has 4 nitrogen and oxygen atoms in total. The molecule has 0 bridgehead atoms. The van der Waals surface area contributed by atoms with Crippen LogP contribution in [0, 0.1) is 11.8 Å². The fourth-order valence-corrected chi connectivity index (χ4v) is 4.72. The molecule has 1 saturated carbocycles. The Kier molecular flexibility index (Phi) is 5.18. The Morgan fingerprint density at radius 2 is 2.00 bits per heavy atom. The summed E-state index contributed by atoms with van der Waals surface area (Å²) in [5.41, 5.74) is 4.15. The molecule has 2 atom stereocenters. The largest absolute Gasteiger partial charge is 0.504 e. The summed E-state index contributed by atoms with van der Waals surface area (Å²) in [6.45, 7) is 4.43. The first-order chi connectivity index (χ1) is 13.1. The van der Waals surface area contributed by atoms with Gasteiger partial charge in [0.25, 0.3) is 0 Å². The van der Waals surface area contributed by atoms with Gasteiger partial charge in [0.05, 0.1) is 14.2 Å². The van der Waals surface area contributed by atoms with Crippen LogP contribution in [0.5, 0.6) is 5.75 Å². The number of aliphatic hydroxyl groups excluding tert-OH is 1. The van der Waals surface area contributed by atoms with E-state index in [2.05, 4.69) is 30.0 Å². The third-order valence-electron chi connectivity index (χ3n) is 6.29. The van der Waals surface area contributed by atoms with Crippen molar-refractivity contribution in [3.05, 3.63) is 52.5 Å². The number of hydrogen-bond donors (Lipinski definition) is 1. The van der Waals surface area contributed by atoms with E-state index in [1.807, 2.05) is 6.08 Å². The van der Waals surface area contributed by atoms with Gasteiger partial charge in [0.1, 0.15) is 11.5 Å². The maximum atomic E-state index is 10.4. The molecule has 0 saturated heterocycles. The van der Waals surface area contributed by atoms with Gasteiger partial charge in [-0.25, -0.2) is 0 Å². The lowest BCUT2D eigenvalue weighted by Gasteiger charge is -2.39. The Morgan fingerprint density at radius 1 is 1.19 bits per heavy atom. The van der Waals surface area contributed by atoms with Gasteiger partial charge in [-0.15, -0.1) is 0 Å². The van der Waals surface area contributed by atoms with Crippen molar-refractivity contribution in [2.24, 2.45) is 11.8 Å². The molecule has 0 radical (unpaired) electrons. The van der Waals surface area contributed by atoms with Crippen molar-refractivity contribution >= 4 is 0 Å². The first-order valence-corrected chi connectivity index (χ1v) is 10.2. The van der Waals surface area contributed by atoms with Crippen molar-refractivity contribution < 1.29 is 14.6 Å². The highest BCUT2D eigenvalue weighted by Crippen LogP contribution is 2.42. The predicted octanol–water partition coefficient (Wildman–Crippen LogP) is 4.78. The lowest BCUT2D eigenvalue weighted by molar-refractivity contribution is 0.171. The highest BCUT2D eigenvalue weighted by molar-refractivity contribution is 5.40. The van der Waals surface area contributed by atoms with Gasteiger partial charge in [-0.05, 0) is 67.4 Å². The number of nitrogens with zero attached hydrogens (tertiary/aromatic N) is 1. The van der Waals surface area contributed by atoms with E-state index in [0.717, 1.165) is 37.5 Å². The zero-order chi connectivity index (χ0) is 19.0. The second-order valence-corrected chi connectivity index (χ2v) is 8.33. The number of benzene rings is 1. The predicted molar refractivity (Wildman–Crippen MR) is 107 cm³/mol. The lowest BCUT2D eigenvalue weighted by Crippen LogP contribution is -2.37. The summed E-state index contributed by atoms with van der Waals surface area (Å²) in [4.78, 5) is 2.67. The molecule has 3 aliphatic rings. The van der Waals surface area contributed by atoms with Crippen molar-refractivity contribution in [1.82, 2.24) is 4.90 Å². The van der Waals surface area contributed by atoms with Gasteiger partial charge in [-0.3, -0.25) is 4.90 Å². The van der Waals surface area contributed by atoms with E-state index in [-0.39, 0.29) is 5.92 Å². The topological polar surface area (TPSA) is 41.9 Å². The smallest absolute Gasteiger partial charge is 0.153 e. The van der Waals surface area contributed by atoms with E-state index in [4.69, 9.17) is 9.47 Å². The summed E-state index contributed by atoms with van der Waals surface area (Å²) in [5, 5.41) is 10.4. The highest BCUT2D eigenvalue weighted by atomic mass is 16.5. The SMILES string of the molecule is COC1=C(O)C=C(C[C@@H]2c3ccc(OC)cc3CCN2CC2CC2)CC1C. The molecule has 1 unspecified atom stereocenters. The molecular formula is C23H31NO3. The van der Waals surface area contributed by atoms with E-state index in [0.29, 0.717) is 17.6 Å². The van der Waals surface area contributed by atoms with Crippen LogP contribution in [0.1, 0.15) is 49.8 Å². The number of aliphatic hydroxyl groups is 1. The zero-order valence-electron chi connectivity index (χ0n) is 16.7. The minimum absolute atomic E-state index is 0.228. The Balaban J connectivity index is 1.62. The molecule has 2 aliphatic carbocycles. The van der Waals surface area contributed by atoms with Crippen LogP contribution in [0.15, 0.2) is 41.4 Å². The van der Waals surface area contributed by atoms with Crippen molar-refractivity contribution in [1.29, 1.82) is 0 Å². The number of hydrogen-bond acceptors (Lipinski definition) is 4. The number of rotatable bonds is 6. The van der Waals surface area contributed by atoms with Crippen LogP contribution in [0.3, 0.4) is 0 Å². The lowest BCUT2D eigenvalue weighted by atomic mass is 9.84. The van der Waals surface area contributed by atoms with E-state index in [9.17, 15) is 5.11 Å². The molecule has 146 valence electrons. The first kappa shape index (κ1) is 18.4. The van der Waals surface area contributed by atoms with Crippen LogP contribution >= 0.6 is 0 Å². The molecule has 4 heteroatoms. The van der Waals surface area contributed by atoms with Crippen molar-refractivity contribution in [2.45, 2.75) is 45.1 Å². The molecule has 27 heavy (non-hydrogen) atoms. The van der Waals surface area contributed by atoms with Gasteiger partial charge in [0.2, 0.25) is 0 Å². The second-order valence-electron chi connectivity index (χ2n) is 8.33. The number of methoxy groups -OCH3 is 2. The molecule has 0 aromatic heterocycles. The molecule has 1 N–H and O–H groups in total. The molecule has 0 amide bonds. The summed E-state index contributed by atoms with van der Waals surface area (Å²) in [7, 11) is 3.38. The van der Waals surface area contributed by atoms with E-state index < -0.39 is 0 Å². The van der Waals surface area contributed by atoms with Crippen molar-refractivity contribution in [2.75, 3.05) is 27.3 Å². The van der Waals surface area contributed by atoms with Crippen LogP contribution in [-0.2, 0) is 11.2 Å². The van der Waals surface area contributed by atoms with Gasteiger partial charge in [-0.2, -0.15) is 0 Å². The molecule has 1 aliphatic heterocycles. The van der Waals surface area contributed by atoms with Crippen molar-refractivity contribution in [3.63, 3.8) is 0 Å². The van der Waals surface area contributed by atoms with Gasteiger partial charge >= 0.3 is 0 Å². The summed E-state index contributed by atoms with van der Waals surface area (Å²) >= 11 is 0. The number of fused-ring (bicyclic) bond motifs is 1. The maximum absolute atomic E-state index is 10.4. The summed E-state index contributed by atoms with van der Waals surface area (Å²) in [6.07, 6.45) is 7.69. The van der Waals surface area contributed by atoms with Crippen LogP contribution in [0.2, 0.25) is 0 Å². The summed E-state index contributed by atoms with van der Waals surface area (Å²) in [5.74, 6) is 3.05. The fourth-order valence-electron chi connectivity index (χ4n) is 4.72. The first-order valence-electron chi connectivity index (χ1n) is 10.2. The van der Waals surface area contributed by atoms with Gasteiger partial charge in [0.15, 0.2) is 5.76 Å². The Labute approximate surface area is 162 Å². The van der Waals surface area contributed by atoms with Gasteiger partial charge in [-0.1, -0.05) is 18.6 Å². The van der Waals surface area contributed by atoms with E-state index in [1.54, 1.807) is 14.2 Å². The standard InChI is InChI=1S/C23H31NO3/c1-15-10-17(12-22(25)23(15)27-3)11-21-20-7-6-19(26-2)13-18(20)8-9-24(21)14-16-4-5-16/h6-7,12-13,15-16,21,25H,4-5,8-11,14H2,1-3H3/t15?,21-/m1/s1. The second kappa shape index (κ2) is 7.59. The fraction of sp³-hybridized carbons (Fsp3) is 0.565.